The van der Waals surface area contributed by atoms with E-state index in [1.165, 1.54) is 16.2 Å². The summed E-state index contributed by atoms with van der Waals surface area (Å²) >= 11 is 13.5. The molecule has 0 atom stereocenters. The summed E-state index contributed by atoms with van der Waals surface area (Å²) in [5, 5.41) is 6.39. The number of halogens is 2. The number of rotatable bonds is 9. The lowest BCUT2D eigenvalue weighted by Gasteiger charge is -2.22. The molecular weight excluding hydrogens is 509 g/mol. The highest BCUT2D eigenvalue weighted by Gasteiger charge is 2.26. The van der Waals surface area contributed by atoms with Gasteiger partial charge in [-0.15, -0.1) is 11.3 Å². The van der Waals surface area contributed by atoms with Gasteiger partial charge in [0.15, 0.2) is 0 Å². The van der Waals surface area contributed by atoms with E-state index in [0.29, 0.717) is 40.9 Å². The molecule has 0 radical (unpaired) electrons. The van der Waals surface area contributed by atoms with Gasteiger partial charge < -0.3 is 20.9 Å². The predicted molar refractivity (Wildman–Crippen MR) is 145 cm³/mol. The van der Waals surface area contributed by atoms with Crippen LogP contribution < -0.4 is 16.4 Å². The van der Waals surface area contributed by atoms with Crippen molar-refractivity contribution >= 4 is 63.1 Å². The van der Waals surface area contributed by atoms with Crippen LogP contribution in [0.25, 0.3) is 0 Å². The summed E-state index contributed by atoms with van der Waals surface area (Å²) in [6.45, 7) is 9.64. The second-order valence-electron chi connectivity index (χ2n) is 9.02. The zero-order valence-corrected chi connectivity index (χ0v) is 23.0. The molecule has 2 aromatic rings. The highest BCUT2D eigenvalue weighted by molar-refractivity contribution is 7.16. The van der Waals surface area contributed by atoms with Gasteiger partial charge in [0.2, 0.25) is 5.91 Å². The lowest BCUT2D eigenvalue weighted by Crippen LogP contribution is -2.38. The third kappa shape index (κ3) is 7.83. The first kappa shape index (κ1) is 28.9. The number of hydrogen-bond donors (Lipinski definition) is 3. The molecule has 0 aliphatic heterocycles. The van der Waals surface area contributed by atoms with Crippen LogP contribution in [-0.4, -0.2) is 60.9 Å². The van der Waals surface area contributed by atoms with Gasteiger partial charge in [-0.2, -0.15) is 0 Å². The highest BCUT2D eigenvalue weighted by atomic mass is 35.5. The summed E-state index contributed by atoms with van der Waals surface area (Å²) in [5.41, 5.74) is 6.05. The Bertz CT molecular complexity index is 1070. The van der Waals surface area contributed by atoms with Gasteiger partial charge in [-0.05, 0) is 30.5 Å². The van der Waals surface area contributed by atoms with Crippen LogP contribution in [0.5, 0.6) is 0 Å². The number of hydrogen-bond acceptors (Lipinski definition) is 5. The largest absolute Gasteiger partial charge is 0.342 e. The number of carbonyl (C=O) groups is 3. The van der Waals surface area contributed by atoms with E-state index < -0.39 is 6.03 Å². The van der Waals surface area contributed by atoms with E-state index in [-0.39, 0.29) is 35.2 Å². The van der Waals surface area contributed by atoms with Crippen molar-refractivity contribution < 1.29 is 14.4 Å². The zero-order valence-electron chi connectivity index (χ0n) is 20.7. The Labute approximate surface area is 220 Å². The first-order chi connectivity index (χ1) is 16.4. The van der Waals surface area contributed by atoms with Gasteiger partial charge in [0.05, 0.1) is 21.3 Å². The molecule has 1 aromatic carbocycles. The smallest absolute Gasteiger partial charge is 0.324 e. The lowest BCUT2D eigenvalue weighted by atomic mass is 9.94. The minimum absolute atomic E-state index is 0.0607. The Balaban J connectivity index is 2.20. The molecule has 0 aliphatic rings. The Kier molecular flexibility index (Phi) is 10.4. The Morgan fingerprint density at radius 2 is 1.80 bits per heavy atom. The van der Waals surface area contributed by atoms with Crippen LogP contribution in [-0.2, 0) is 10.2 Å². The number of amides is 4. The minimum atomic E-state index is -0.552. The monoisotopic (exact) mass is 541 g/mol. The van der Waals surface area contributed by atoms with Crippen molar-refractivity contribution in [2.24, 2.45) is 5.73 Å². The van der Waals surface area contributed by atoms with Crippen molar-refractivity contribution in [1.29, 1.82) is 0 Å². The second-order valence-corrected chi connectivity index (χ2v) is 10.9. The third-order valence-electron chi connectivity index (χ3n) is 5.27. The van der Waals surface area contributed by atoms with Crippen LogP contribution in [0.15, 0.2) is 24.3 Å². The SMILES string of the molecule is CCN(CCN)C(=O)CCN(C)C(=O)c1cc(C(C)(C)C)sc1NC(=O)Nc1cccc(Cl)c1Cl. The molecule has 0 aliphatic carbocycles. The molecule has 1 heterocycles. The molecular formula is C24H33Cl2N5O3S. The van der Waals surface area contributed by atoms with Crippen molar-refractivity contribution in [3.8, 4) is 0 Å². The third-order valence-corrected chi connectivity index (χ3v) is 7.56. The molecule has 0 saturated heterocycles. The standard InChI is InChI=1S/C24H33Cl2N5O3S/c1-6-31(13-11-27)19(32)10-12-30(5)22(33)15-14-18(24(2,3)4)35-21(15)29-23(34)28-17-9-7-8-16(25)20(17)26/h7-9,14H,6,10-13,27H2,1-5H3,(H2,28,29,34). The van der Waals surface area contributed by atoms with E-state index in [0.717, 1.165) is 4.88 Å². The minimum Gasteiger partial charge on any atom is -0.342 e. The van der Waals surface area contributed by atoms with Crippen molar-refractivity contribution in [3.63, 3.8) is 0 Å². The van der Waals surface area contributed by atoms with Crippen LogP contribution >= 0.6 is 34.5 Å². The van der Waals surface area contributed by atoms with E-state index in [9.17, 15) is 14.4 Å². The fourth-order valence-electron chi connectivity index (χ4n) is 3.21. The lowest BCUT2D eigenvalue weighted by molar-refractivity contribution is -0.131. The normalized spacial score (nSPS) is 11.2. The van der Waals surface area contributed by atoms with Gasteiger partial charge in [0.25, 0.3) is 5.91 Å². The van der Waals surface area contributed by atoms with Gasteiger partial charge in [-0.3, -0.25) is 14.9 Å². The maximum atomic E-state index is 13.3. The number of anilines is 2. The van der Waals surface area contributed by atoms with Gasteiger partial charge in [-0.1, -0.05) is 50.0 Å². The van der Waals surface area contributed by atoms with E-state index in [1.54, 1.807) is 36.2 Å². The molecule has 11 heteroatoms. The maximum absolute atomic E-state index is 13.3. The summed E-state index contributed by atoms with van der Waals surface area (Å²) in [5.74, 6) is -0.350. The van der Waals surface area contributed by atoms with Crippen LogP contribution in [0.3, 0.4) is 0 Å². The molecule has 192 valence electrons. The summed E-state index contributed by atoms with van der Waals surface area (Å²) in [6, 6.07) is 6.16. The van der Waals surface area contributed by atoms with Gasteiger partial charge in [0, 0.05) is 44.5 Å². The zero-order chi connectivity index (χ0) is 26.3. The molecule has 2 rings (SSSR count). The number of nitrogens with two attached hydrogens (primary N) is 1. The number of carbonyl (C=O) groups excluding carboxylic acids is 3. The van der Waals surface area contributed by atoms with Gasteiger partial charge >= 0.3 is 6.03 Å². The van der Waals surface area contributed by atoms with Crippen LogP contribution in [0.1, 0.15) is 49.4 Å². The number of benzene rings is 1. The highest BCUT2D eigenvalue weighted by Crippen LogP contribution is 2.37. The Morgan fingerprint density at radius 3 is 2.40 bits per heavy atom. The molecule has 0 spiro atoms. The van der Waals surface area contributed by atoms with Gasteiger partial charge in [-0.25, -0.2) is 4.79 Å². The first-order valence-corrected chi connectivity index (χ1v) is 12.9. The van der Waals surface area contributed by atoms with Crippen LogP contribution in [0.4, 0.5) is 15.5 Å². The average Bonchev–Trinajstić information content (AvgIpc) is 3.22. The predicted octanol–water partition coefficient (Wildman–Crippen LogP) is 5.27. The van der Waals surface area contributed by atoms with Crippen LogP contribution in [0.2, 0.25) is 10.0 Å². The van der Waals surface area contributed by atoms with E-state index in [2.05, 4.69) is 10.6 Å². The van der Waals surface area contributed by atoms with E-state index in [4.69, 9.17) is 28.9 Å². The molecule has 0 unspecified atom stereocenters. The Morgan fingerprint density at radius 1 is 1.11 bits per heavy atom. The van der Waals surface area contributed by atoms with Crippen LogP contribution in [0, 0.1) is 0 Å². The number of nitrogens with one attached hydrogen (secondary N) is 2. The Hall–Kier alpha value is -2.33. The second kappa shape index (κ2) is 12.6. The van der Waals surface area contributed by atoms with Crippen molar-refractivity contribution in [3.05, 3.63) is 44.8 Å². The van der Waals surface area contributed by atoms with E-state index in [1.807, 2.05) is 27.7 Å². The number of thiophene rings is 1. The average molecular weight is 543 g/mol. The summed E-state index contributed by atoms with van der Waals surface area (Å²) in [4.78, 5) is 42.6. The van der Waals surface area contributed by atoms with E-state index >= 15 is 0 Å². The van der Waals surface area contributed by atoms with Gasteiger partial charge in [0.1, 0.15) is 5.00 Å². The van der Waals surface area contributed by atoms with Crippen molar-refractivity contribution in [1.82, 2.24) is 9.80 Å². The fourth-order valence-corrected chi connectivity index (χ4v) is 4.66. The molecule has 4 N–H and O–H groups in total. The molecule has 0 saturated carbocycles. The number of nitrogens with zero attached hydrogens (tertiary/aromatic N) is 2. The molecule has 1 aromatic heterocycles. The van der Waals surface area contributed by atoms with Crippen molar-refractivity contribution in [2.75, 3.05) is 43.9 Å². The summed E-state index contributed by atoms with van der Waals surface area (Å²) < 4.78 is 0. The van der Waals surface area contributed by atoms with Crippen molar-refractivity contribution in [2.45, 2.75) is 39.5 Å². The quantitative estimate of drug-likeness (QED) is 0.402. The first-order valence-electron chi connectivity index (χ1n) is 11.3. The fraction of sp³-hybridized carbons (Fsp3) is 0.458. The molecule has 35 heavy (non-hydrogen) atoms. The molecule has 0 bridgehead atoms. The molecule has 0 fully saturated rings. The molecule has 8 nitrogen and oxygen atoms in total. The molecule has 4 amide bonds. The number of urea groups is 1. The number of likely N-dealkylation sites (N-methyl/N-ethyl adjacent to an activating group) is 1. The topological polar surface area (TPSA) is 108 Å². The maximum Gasteiger partial charge on any atom is 0.324 e. The summed E-state index contributed by atoms with van der Waals surface area (Å²) in [6.07, 6.45) is 0.183. The summed E-state index contributed by atoms with van der Waals surface area (Å²) in [7, 11) is 1.64.